The van der Waals surface area contributed by atoms with Crippen LogP contribution in [0, 0.1) is 18.6 Å². The number of fused-ring (bicyclic) bond motifs is 2. The van der Waals surface area contributed by atoms with Crippen molar-refractivity contribution in [2.24, 2.45) is 0 Å². The first kappa shape index (κ1) is 20.5. The van der Waals surface area contributed by atoms with Crippen molar-refractivity contribution in [1.82, 2.24) is 25.1 Å². The first-order valence-electron chi connectivity index (χ1n) is 10.3. The van der Waals surface area contributed by atoms with Gasteiger partial charge < -0.3 is 10.0 Å². The maximum atomic E-state index is 15.8. The second-order valence-corrected chi connectivity index (χ2v) is 7.90. The van der Waals surface area contributed by atoms with E-state index in [-0.39, 0.29) is 11.1 Å². The Hall–Kier alpha value is -3.43. The van der Waals surface area contributed by atoms with Gasteiger partial charge in [-0.2, -0.15) is 5.10 Å². The van der Waals surface area contributed by atoms with Gasteiger partial charge in [0.1, 0.15) is 29.7 Å². The molecule has 4 aromatic rings. The number of piperazine rings is 1. The first-order chi connectivity index (χ1) is 15.5. The van der Waals surface area contributed by atoms with Crippen LogP contribution in [0.4, 0.5) is 14.6 Å². The molecule has 0 spiro atoms. The molecule has 0 radical (unpaired) electrons. The highest BCUT2D eigenvalue weighted by Gasteiger charge is 2.26. The van der Waals surface area contributed by atoms with Crippen LogP contribution in [0.2, 0.25) is 0 Å². The smallest absolute Gasteiger partial charge is 0.160 e. The van der Waals surface area contributed by atoms with Crippen LogP contribution >= 0.6 is 0 Å². The molecule has 164 valence electrons. The number of H-pyrrole nitrogens is 1. The normalized spacial score (nSPS) is 16.1. The van der Waals surface area contributed by atoms with Gasteiger partial charge in [0.15, 0.2) is 5.82 Å². The van der Waals surface area contributed by atoms with Crippen LogP contribution in [0.15, 0.2) is 43.4 Å². The molecule has 32 heavy (non-hydrogen) atoms. The third-order valence-electron chi connectivity index (χ3n) is 6.07. The minimum atomic E-state index is -0.727. The fourth-order valence-corrected chi connectivity index (χ4v) is 4.38. The lowest BCUT2D eigenvalue weighted by molar-refractivity contribution is 0.0380. The van der Waals surface area contributed by atoms with Crippen LogP contribution in [0.25, 0.3) is 32.9 Å². The molecule has 0 bridgehead atoms. The lowest BCUT2D eigenvalue weighted by atomic mass is 9.95. The standard InChI is InChI=1S/C23H22F2N6O/c1-3-17(32)30-6-8-31(9-7-30)23-15-10-16(24)19(20(25)22(15)26-12-27-23)18-13(2)4-5-14-11-28-29-21(14)18/h3-5,10-12,17,32H,1,6-9H2,2H3,(H,28,29). The van der Waals surface area contributed by atoms with E-state index < -0.39 is 17.9 Å². The molecule has 0 saturated carbocycles. The van der Waals surface area contributed by atoms with Crippen molar-refractivity contribution in [1.29, 1.82) is 0 Å². The SMILES string of the molecule is C=CC(O)N1CCN(c2ncnc3c(F)c(-c4c(C)ccc5cn[nH]c45)c(F)cc23)CC1. The molecule has 1 aliphatic heterocycles. The highest BCUT2D eigenvalue weighted by Crippen LogP contribution is 2.38. The number of benzene rings is 2. The number of nitrogens with one attached hydrogen (secondary N) is 1. The molecule has 1 aliphatic rings. The number of aliphatic hydroxyl groups excluding tert-OH is 1. The molecule has 1 saturated heterocycles. The average molecular weight is 436 g/mol. The molecule has 5 rings (SSSR count). The van der Waals surface area contributed by atoms with E-state index in [2.05, 4.69) is 26.7 Å². The third-order valence-corrected chi connectivity index (χ3v) is 6.07. The Morgan fingerprint density at radius 1 is 1.16 bits per heavy atom. The molecule has 9 heteroatoms. The van der Waals surface area contributed by atoms with E-state index >= 15 is 8.78 Å². The van der Waals surface area contributed by atoms with Gasteiger partial charge in [0.05, 0.1) is 17.3 Å². The van der Waals surface area contributed by atoms with Crippen molar-refractivity contribution in [3.63, 3.8) is 0 Å². The molecular formula is C23H22F2N6O. The van der Waals surface area contributed by atoms with Gasteiger partial charge in [-0.25, -0.2) is 18.7 Å². The molecule has 7 nitrogen and oxygen atoms in total. The van der Waals surface area contributed by atoms with E-state index in [1.165, 1.54) is 18.5 Å². The number of hydrogen-bond donors (Lipinski definition) is 2. The summed E-state index contributed by atoms with van der Waals surface area (Å²) in [7, 11) is 0. The van der Waals surface area contributed by atoms with Gasteiger partial charge in [-0.1, -0.05) is 18.7 Å². The van der Waals surface area contributed by atoms with Crippen LogP contribution in [0.3, 0.4) is 0 Å². The average Bonchev–Trinajstić information content (AvgIpc) is 3.28. The maximum absolute atomic E-state index is 15.8. The number of aromatic nitrogens is 4. The Labute approximate surface area is 183 Å². The molecule has 0 amide bonds. The van der Waals surface area contributed by atoms with Crippen molar-refractivity contribution in [2.75, 3.05) is 31.1 Å². The number of aryl methyl sites for hydroxylation is 1. The minimum Gasteiger partial charge on any atom is -0.375 e. The molecule has 0 aliphatic carbocycles. The van der Waals surface area contributed by atoms with E-state index in [4.69, 9.17) is 0 Å². The number of rotatable bonds is 4. The van der Waals surface area contributed by atoms with Gasteiger partial charge in [-0.15, -0.1) is 0 Å². The summed E-state index contributed by atoms with van der Waals surface area (Å²) in [6, 6.07) is 4.99. The summed E-state index contributed by atoms with van der Waals surface area (Å²) in [5.41, 5.74) is 1.67. The fraction of sp³-hybridized carbons (Fsp3) is 0.261. The van der Waals surface area contributed by atoms with Gasteiger partial charge in [-0.05, 0) is 24.6 Å². The van der Waals surface area contributed by atoms with Gasteiger partial charge in [0.25, 0.3) is 0 Å². The number of nitrogens with zero attached hydrogens (tertiary/aromatic N) is 5. The van der Waals surface area contributed by atoms with Crippen LogP contribution in [0.1, 0.15) is 5.56 Å². The largest absolute Gasteiger partial charge is 0.375 e. The van der Waals surface area contributed by atoms with E-state index in [1.54, 1.807) is 13.1 Å². The zero-order valence-electron chi connectivity index (χ0n) is 17.5. The maximum Gasteiger partial charge on any atom is 0.160 e. The van der Waals surface area contributed by atoms with Crippen molar-refractivity contribution in [3.8, 4) is 11.1 Å². The summed E-state index contributed by atoms with van der Waals surface area (Å²) in [6.07, 6.45) is 3.68. The Morgan fingerprint density at radius 3 is 2.69 bits per heavy atom. The zero-order chi connectivity index (χ0) is 22.4. The van der Waals surface area contributed by atoms with E-state index in [0.717, 1.165) is 10.9 Å². The van der Waals surface area contributed by atoms with Crippen LogP contribution in [-0.4, -0.2) is 62.6 Å². The predicted molar refractivity (Wildman–Crippen MR) is 119 cm³/mol. The number of anilines is 1. The lowest BCUT2D eigenvalue weighted by Gasteiger charge is -2.37. The van der Waals surface area contributed by atoms with Crippen molar-refractivity contribution in [2.45, 2.75) is 13.2 Å². The predicted octanol–water partition coefficient (Wildman–Crippen LogP) is 3.39. The molecule has 2 aromatic carbocycles. The van der Waals surface area contributed by atoms with Crippen molar-refractivity contribution >= 4 is 27.6 Å². The molecular weight excluding hydrogens is 414 g/mol. The Kier molecular flexibility index (Phi) is 5.07. The number of aromatic amines is 1. The monoisotopic (exact) mass is 436 g/mol. The van der Waals surface area contributed by atoms with Crippen LogP contribution in [-0.2, 0) is 0 Å². The van der Waals surface area contributed by atoms with Crippen LogP contribution in [0.5, 0.6) is 0 Å². The number of halogens is 2. The summed E-state index contributed by atoms with van der Waals surface area (Å²) in [5, 5.41) is 17.9. The highest BCUT2D eigenvalue weighted by molar-refractivity contribution is 5.99. The lowest BCUT2D eigenvalue weighted by Crippen LogP contribution is -2.50. The molecule has 2 aromatic heterocycles. The van der Waals surface area contributed by atoms with Crippen molar-refractivity contribution < 1.29 is 13.9 Å². The second-order valence-electron chi connectivity index (χ2n) is 7.90. The van der Waals surface area contributed by atoms with Gasteiger partial charge in [0, 0.05) is 42.5 Å². The summed E-state index contributed by atoms with van der Waals surface area (Å²) >= 11 is 0. The Bertz CT molecular complexity index is 1330. The second kappa shape index (κ2) is 7.92. The highest BCUT2D eigenvalue weighted by atomic mass is 19.1. The summed E-state index contributed by atoms with van der Waals surface area (Å²) in [5.74, 6) is -0.935. The summed E-state index contributed by atoms with van der Waals surface area (Å²) in [6.45, 7) is 7.66. The molecule has 1 fully saturated rings. The van der Waals surface area contributed by atoms with E-state index in [9.17, 15) is 5.11 Å². The molecule has 2 N–H and O–H groups in total. The van der Waals surface area contributed by atoms with E-state index in [1.807, 2.05) is 21.9 Å². The number of aliphatic hydroxyl groups is 1. The molecule has 1 unspecified atom stereocenters. The van der Waals surface area contributed by atoms with Gasteiger partial charge >= 0.3 is 0 Å². The quantitative estimate of drug-likeness (QED) is 0.478. The zero-order valence-corrected chi connectivity index (χ0v) is 17.5. The van der Waals surface area contributed by atoms with E-state index in [0.29, 0.717) is 48.5 Å². The Morgan fingerprint density at radius 2 is 1.94 bits per heavy atom. The third kappa shape index (κ3) is 3.21. The van der Waals surface area contributed by atoms with Gasteiger partial charge in [0.2, 0.25) is 0 Å². The Balaban J connectivity index is 1.61. The van der Waals surface area contributed by atoms with Crippen molar-refractivity contribution in [3.05, 3.63) is 60.6 Å². The van der Waals surface area contributed by atoms with Crippen LogP contribution < -0.4 is 4.90 Å². The van der Waals surface area contributed by atoms with Gasteiger partial charge in [-0.3, -0.25) is 10.00 Å². The summed E-state index contributed by atoms with van der Waals surface area (Å²) < 4.78 is 31.2. The topological polar surface area (TPSA) is 81.2 Å². The number of hydrogen-bond acceptors (Lipinski definition) is 6. The summed E-state index contributed by atoms with van der Waals surface area (Å²) in [4.78, 5) is 12.3. The molecule has 1 atom stereocenters. The molecule has 3 heterocycles. The first-order valence-corrected chi connectivity index (χ1v) is 10.3. The minimum absolute atomic E-state index is 0.0656. The fourth-order valence-electron chi connectivity index (χ4n) is 4.38.